The number of methoxy groups -OCH3 is 3. The van der Waals surface area contributed by atoms with Gasteiger partial charge in [-0.05, 0) is 33.3 Å². The van der Waals surface area contributed by atoms with Gasteiger partial charge in [0.15, 0.2) is 5.79 Å². The summed E-state index contributed by atoms with van der Waals surface area (Å²) in [6.45, 7) is 5.81. The van der Waals surface area contributed by atoms with E-state index >= 15 is 0 Å². The van der Waals surface area contributed by atoms with Crippen LogP contribution in [0.15, 0.2) is 18.2 Å². The number of rotatable bonds is 5. The fourth-order valence-corrected chi connectivity index (χ4v) is 5.91. The summed E-state index contributed by atoms with van der Waals surface area (Å²) in [5.41, 5.74) is 1.66. The van der Waals surface area contributed by atoms with E-state index in [2.05, 4.69) is 0 Å². The fraction of sp³-hybridized carbons (Fsp3) is 0.615. The molecule has 5 rings (SSSR count). The Bertz CT molecular complexity index is 1080. The van der Waals surface area contributed by atoms with Crippen molar-refractivity contribution in [2.24, 2.45) is 0 Å². The molecule has 1 N–H and O–H groups in total. The van der Waals surface area contributed by atoms with E-state index in [0.29, 0.717) is 36.5 Å². The quantitative estimate of drug-likeness (QED) is 0.703. The molecule has 2 saturated heterocycles. The van der Waals surface area contributed by atoms with Gasteiger partial charge in [-0.1, -0.05) is 12.1 Å². The van der Waals surface area contributed by atoms with E-state index in [1.54, 1.807) is 21.3 Å². The molecule has 0 amide bonds. The smallest absolute Gasteiger partial charge is 0.229 e. The average Bonchev–Trinajstić information content (AvgIpc) is 3.11. The molecule has 2 fully saturated rings. The van der Waals surface area contributed by atoms with Gasteiger partial charge in [-0.2, -0.15) is 0 Å². The lowest BCUT2D eigenvalue weighted by molar-refractivity contribution is -0.356. The standard InChI is InChI=1S/C26H34O8/c1-14-12-19-24(34-25(2,3)33-19)26(31-14)21-17(13-15(32-26)10-11-27)22(29-5)16-8-7-9-18(28-4)20(16)23(21)30-6/h7-9,14-15,19,24,27H,10-13H2,1-6H3/t14-,15-,19-,24-,26-/m1/s1. The third-order valence-corrected chi connectivity index (χ3v) is 7.00. The van der Waals surface area contributed by atoms with Gasteiger partial charge in [0.25, 0.3) is 0 Å². The van der Waals surface area contributed by atoms with E-state index in [4.69, 9.17) is 33.2 Å². The van der Waals surface area contributed by atoms with Gasteiger partial charge < -0.3 is 38.3 Å². The van der Waals surface area contributed by atoms with E-state index < -0.39 is 17.7 Å². The van der Waals surface area contributed by atoms with Crippen LogP contribution in [0.25, 0.3) is 10.8 Å². The van der Waals surface area contributed by atoms with Crippen LogP contribution in [0.1, 0.15) is 44.7 Å². The average molecular weight is 475 g/mol. The van der Waals surface area contributed by atoms with Gasteiger partial charge in [0, 0.05) is 30.4 Å². The summed E-state index contributed by atoms with van der Waals surface area (Å²) in [6, 6.07) is 5.82. The van der Waals surface area contributed by atoms with Gasteiger partial charge in [-0.3, -0.25) is 0 Å². The van der Waals surface area contributed by atoms with Crippen molar-refractivity contribution in [3.8, 4) is 17.2 Å². The Balaban J connectivity index is 1.87. The zero-order chi connectivity index (χ0) is 24.3. The first kappa shape index (κ1) is 23.6. The van der Waals surface area contributed by atoms with Gasteiger partial charge in [0.1, 0.15) is 23.4 Å². The highest BCUT2D eigenvalue weighted by atomic mass is 16.8. The van der Waals surface area contributed by atoms with Crippen LogP contribution in [0.5, 0.6) is 17.2 Å². The van der Waals surface area contributed by atoms with Gasteiger partial charge in [0.2, 0.25) is 5.79 Å². The molecule has 3 aliphatic rings. The van der Waals surface area contributed by atoms with Crippen molar-refractivity contribution in [1.82, 2.24) is 0 Å². The van der Waals surface area contributed by atoms with E-state index in [1.807, 2.05) is 39.0 Å². The van der Waals surface area contributed by atoms with E-state index in [1.165, 1.54) is 0 Å². The van der Waals surface area contributed by atoms with Crippen molar-refractivity contribution in [3.63, 3.8) is 0 Å². The number of fused-ring (bicyclic) bond motifs is 5. The minimum Gasteiger partial charge on any atom is -0.496 e. The Kier molecular flexibility index (Phi) is 5.93. The number of benzene rings is 2. The first-order chi connectivity index (χ1) is 16.3. The topological polar surface area (TPSA) is 84.8 Å². The van der Waals surface area contributed by atoms with E-state index in [-0.39, 0.29) is 24.9 Å². The molecule has 1 spiro atoms. The first-order valence-corrected chi connectivity index (χ1v) is 11.8. The molecule has 3 heterocycles. The second kappa shape index (κ2) is 8.53. The highest BCUT2D eigenvalue weighted by molar-refractivity contribution is 6.00. The van der Waals surface area contributed by atoms with Crippen molar-refractivity contribution in [1.29, 1.82) is 0 Å². The number of ether oxygens (including phenoxy) is 7. The van der Waals surface area contributed by atoms with Crippen LogP contribution in [0.2, 0.25) is 0 Å². The van der Waals surface area contributed by atoms with Crippen molar-refractivity contribution < 1.29 is 38.3 Å². The molecule has 0 bridgehead atoms. The SMILES string of the molecule is COc1c2c(c(OC)c3c(OC)cccc13)[C@]1(O[C@H](CCO)C2)O[C@H](C)C[C@H]2OC(C)(C)O[C@H]21. The Morgan fingerprint density at radius 2 is 1.76 bits per heavy atom. The highest BCUT2D eigenvalue weighted by Gasteiger charge is 2.63. The molecule has 0 unspecified atom stereocenters. The van der Waals surface area contributed by atoms with Crippen LogP contribution >= 0.6 is 0 Å². The Labute approximate surface area is 200 Å². The summed E-state index contributed by atoms with van der Waals surface area (Å²) in [4.78, 5) is 0. The molecule has 2 aromatic carbocycles. The monoisotopic (exact) mass is 474 g/mol. The number of aliphatic hydroxyl groups is 1. The molecule has 34 heavy (non-hydrogen) atoms. The molecule has 0 aromatic heterocycles. The third-order valence-electron chi connectivity index (χ3n) is 7.00. The second-order valence-electron chi connectivity index (χ2n) is 9.69. The zero-order valence-electron chi connectivity index (χ0n) is 20.7. The summed E-state index contributed by atoms with van der Waals surface area (Å²) in [5.74, 6) is -0.127. The fourth-order valence-electron chi connectivity index (χ4n) is 5.91. The van der Waals surface area contributed by atoms with Gasteiger partial charge in [-0.15, -0.1) is 0 Å². The molecule has 0 radical (unpaired) electrons. The molecular formula is C26H34O8. The van der Waals surface area contributed by atoms with Crippen LogP contribution in [0.4, 0.5) is 0 Å². The molecule has 0 saturated carbocycles. The molecule has 2 aromatic rings. The normalized spacial score (nSPS) is 31.9. The Hall–Kier alpha value is -2.10. The highest BCUT2D eigenvalue weighted by Crippen LogP contribution is 2.58. The van der Waals surface area contributed by atoms with E-state index in [9.17, 15) is 5.11 Å². The summed E-state index contributed by atoms with van der Waals surface area (Å²) >= 11 is 0. The lowest BCUT2D eigenvalue weighted by Gasteiger charge is -2.50. The van der Waals surface area contributed by atoms with Gasteiger partial charge in [0.05, 0.1) is 50.6 Å². The van der Waals surface area contributed by atoms with Gasteiger partial charge >= 0.3 is 0 Å². The molecule has 0 aliphatic carbocycles. The van der Waals surface area contributed by atoms with Gasteiger partial charge in [-0.25, -0.2) is 0 Å². The summed E-state index contributed by atoms with van der Waals surface area (Å²) in [7, 11) is 4.94. The number of hydrogen-bond donors (Lipinski definition) is 1. The predicted octanol–water partition coefficient (Wildman–Crippen LogP) is 3.67. The van der Waals surface area contributed by atoms with Crippen LogP contribution in [0.3, 0.4) is 0 Å². The predicted molar refractivity (Wildman–Crippen MR) is 125 cm³/mol. The maximum atomic E-state index is 9.79. The molecule has 186 valence electrons. The minimum absolute atomic E-state index is 0.0105. The second-order valence-corrected chi connectivity index (χ2v) is 9.69. The summed E-state index contributed by atoms with van der Waals surface area (Å²) in [6.07, 6.45) is 0.413. The largest absolute Gasteiger partial charge is 0.496 e. The van der Waals surface area contributed by atoms with Crippen molar-refractivity contribution in [2.45, 2.75) is 76.0 Å². The maximum Gasteiger partial charge on any atom is 0.229 e. The molecule has 5 atom stereocenters. The maximum absolute atomic E-state index is 9.79. The van der Waals surface area contributed by atoms with E-state index in [0.717, 1.165) is 21.9 Å². The van der Waals surface area contributed by atoms with Crippen LogP contribution in [-0.4, -0.2) is 63.2 Å². The Morgan fingerprint density at radius 1 is 1.00 bits per heavy atom. The third kappa shape index (κ3) is 3.46. The molecule has 3 aliphatic heterocycles. The van der Waals surface area contributed by atoms with Crippen molar-refractivity contribution in [2.75, 3.05) is 27.9 Å². The minimum atomic E-state index is -1.31. The van der Waals surface area contributed by atoms with Crippen LogP contribution in [-0.2, 0) is 31.2 Å². The zero-order valence-corrected chi connectivity index (χ0v) is 20.7. The number of aliphatic hydroxyl groups excluding tert-OH is 1. The Morgan fingerprint density at radius 3 is 2.44 bits per heavy atom. The van der Waals surface area contributed by atoms with Crippen LogP contribution < -0.4 is 14.2 Å². The molecule has 8 heteroatoms. The summed E-state index contributed by atoms with van der Waals surface area (Å²) in [5, 5.41) is 11.5. The molecular weight excluding hydrogens is 440 g/mol. The first-order valence-electron chi connectivity index (χ1n) is 11.8. The number of hydrogen-bond acceptors (Lipinski definition) is 8. The molecule has 8 nitrogen and oxygen atoms in total. The van der Waals surface area contributed by atoms with Crippen molar-refractivity contribution in [3.05, 3.63) is 29.3 Å². The summed E-state index contributed by atoms with van der Waals surface area (Å²) < 4.78 is 44.0. The lowest BCUT2D eigenvalue weighted by atomic mass is 9.80. The van der Waals surface area contributed by atoms with Crippen molar-refractivity contribution >= 4 is 10.8 Å². The van der Waals surface area contributed by atoms with Crippen LogP contribution in [0, 0.1) is 0 Å². The lowest BCUT2D eigenvalue weighted by Crippen LogP contribution is -2.59.